The fourth-order valence-electron chi connectivity index (χ4n) is 2.33. The molecule has 1 aromatic heterocycles. The summed E-state index contributed by atoms with van der Waals surface area (Å²) in [5.41, 5.74) is 0.863. The lowest BCUT2D eigenvalue weighted by molar-refractivity contribution is 0.0371. The van der Waals surface area contributed by atoms with Crippen molar-refractivity contribution < 1.29 is 9.47 Å². The molecule has 0 aliphatic carbocycles. The van der Waals surface area contributed by atoms with Gasteiger partial charge in [-0.3, -0.25) is 4.79 Å². The molecule has 0 saturated heterocycles. The van der Waals surface area contributed by atoms with Gasteiger partial charge >= 0.3 is 5.69 Å². The molecule has 0 fully saturated rings. The zero-order chi connectivity index (χ0) is 18.2. The second-order valence-corrected chi connectivity index (χ2v) is 5.62. The molecule has 26 heavy (non-hydrogen) atoms. The first-order chi connectivity index (χ1) is 12.7. The lowest BCUT2D eigenvalue weighted by Crippen LogP contribution is -2.41. The van der Waals surface area contributed by atoms with E-state index < -0.39 is 11.2 Å². The van der Waals surface area contributed by atoms with E-state index >= 15 is 0 Å². The van der Waals surface area contributed by atoms with Gasteiger partial charge in [-0.1, -0.05) is 60.7 Å². The zero-order valence-electron chi connectivity index (χ0n) is 14.2. The van der Waals surface area contributed by atoms with E-state index in [2.05, 4.69) is 5.10 Å². The molecule has 0 saturated carbocycles. The Morgan fingerprint density at radius 3 is 1.88 bits per heavy atom. The van der Waals surface area contributed by atoms with Gasteiger partial charge in [0.25, 0.3) is 5.56 Å². The fraction of sp³-hybridized carbons (Fsp3) is 0.211. The van der Waals surface area contributed by atoms with E-state index in [1.165, 1.54) is 0 Å². The van der Waals surface area contributed by atoms with E-state index in [4.69, 9.17) is 9.47 Å². The predicted octanol–water partition coefficient (Wildman–Crippen LogP) is 1.75. The molecule has 3 rings (SSSR count). The fourth-order valence-corrected chi connectivity index (χ4v) is 2.33. The minimum Gasteiger partial charge on any atom is -0.356 e. The number of hydrogen-bond acceptors (Lipinski definition) is 5. The van der Waals surface area contributed by atoms with Gasteiger partial charge in [-0.15, -0.1) is 0 Å². The van der Waals surface area contributed by atoms with E-state index in [0.717, 1.165) is 26.6 Å². The zero-order valence-corrected chi connectivity index (χ0v) is 14.2. The van der Waals surface area contributed by atoms with Crippen molar-refractivity contribution in [1.82, 2.24) is 14.3 Å². The Bertz CT molecular complexity index is 936. The molecule has 0 aliphatic rings. The number of aromatic nitrogens is 3. The Labute approximate surface area is 150 Å². The number of hydrogen-bond donors (Lipinski definition) is 0. The maximum absolute atomic E-state index is 12.4. The molecule has 0 unspecified atom stereocenters. The van der Waals surface area contributed by atoms with Gasteiger partial charge in [0.2, 0.25) is 0 Å². The molecular weight excluding hydrogens is 334 g/mol. The highest BCUT2D eigenvalue weighted by atomic mass is 16.5. The van der Waals surface area contributed by atoms with Gasteiger partial charge in [0.05, 0.1) is 13.2 Å². The van der Waals surface area contributed by atoms with Crippen molar-refractivity contribution in [3.63, 3.8) is 0 Å². The second kappa shape index (κ2) is 8.89. The van der Waals surface area contributed by atoms with E-state index in [0.29, 0.717) is 13.2 Å². The van der Waals surface area contributed by atoms with Crippen LogP contribution in [-0.2, 0) is 36.1 Å². The van der Waals surface area contributed by atoms with E-state index in [1.54, 1.807) is 0 Å². The molecule has 0 atom stereocenters. The highest BCUT2D eigenvalue weighted by Gasteiger charge is 2.07. The highest BCUT2D eigenvalue weighted by Crippen LogP contribution is 2.01. The van der Waals surface area contributed by atoms with E-state index in [1.807, 2.05) is 60.7 Å². The third-order valence-corrected chi connectivity index (χ3v) is 3.68. The summed E-state index contributed by atoms with van der Waals surface area (Å²) in [6, 6.07) is 19.1. The van der Waals surface area contributed by atoms with Gasteiger partial charge in [-0.25, -0.2) is 9.36 Å². The molecule has 0 aliphatic heterocycles. The summed E-state index contributed by atoms with van der Waals surface area (Å²) >= 11 is 0. The Morgan fingerprint density at radius 2 is 1.31 bits per heavy atom. The van der Waals surface area contributed by atoms with Crippen LogP contribution in [-0.4, -0.2) is 14.3 Å². The van der Waals surface area contributed by atoms with Crippen molar-refractivity contribution in [3.05, 3.63) is 98.8 Å². The van der Waals surface area contributed by atoms with Crippen molar-refractivity contribution in [2.45, 2.75) is 26.7 Å². The first-order valence-corrected chi connectivity index (χ1v) is 8.14. The largest absolute Gasteiger partial charge is 0.356 e. The van der Waals surface area contributed by atoms with Crippen LogP contribution in [0.25, 0.3) is 0 Å². The van der Waals surface area contributed by atoms with Gasteiger partial charge in [-0.2, -0.15) is 9.78 Å². The Balaban J connectivity index is 1.60. The van der Waals surface area contributed by atoms with Crippen molar-refractivity contribution in [2.24, 2.45) is 0 Å². The van der Waals surface area contributed by atoms with Crippen LogP contribution in [0.4, 0.5) is 0 Å². The molecule has 0 N–H and O–H groups in total. The lowest BCUT2D eigenvalue weighted by atomic mass is 10.2. The maximum Gasteiger partial charge on any atom is 0.351 e. The Hall–Kier alpha value is -3.03. The summed E-state index contributed by atoms with van der Waals surface area (Å²) in [7, 11) is 0. The number of benzene rings is 2. The molecule has 134 valence electrons. The summed E-state index contributed by atoms with van der Waals surface area (Å²) in [6.07, 6.45) is 1.08. The topological polar surface area (TPSA) is 75.4 Å². The molecule has 0 amide bonds. The number of nitrogens with zero attached hydrogens (tertiary/aromatic N) is 3. The number of ether oxygens (including phenoxy) is 2. The van der Waals surface area contributed by atoms with Crippen LogP contribution in [0.2, 0.25) is 0 Å². The molecule has 2 aromatic carbocycles. The van der Waals surface area contributed by atoms with Crippen molar-refractivity contribution in [2.75, 3.05) is 0 Å². The average Bonchev–Trinajstić information content (AvgIpc) is 2.68. The summed E-state index contributed by atoms with van der Waals surface area (Å²) < 4.78 is 13.1. The smallest absolute Gasteiger partial charge is 0.351 e. The monoisotopic (exact) mass is 353 g/mol. The number of rotatable bonds is 8. The molecule has 3 aromatic rings. The summed E-state index contributed by atoms with van der Waals surface area (Å²) in [5, 5.41) is 3.83. The van der Waals surface area contributed by atoms with Crippen molar-refractivity contribution in [3.8, 4) is 0 Å². The van der Waals surface area contributed by atoms with Crippen LogP contribution in [0.15, 0.2) is 76.4 Å². The lowest BCUT2D eigenvalue weighted by Gasteiger charge is -2.10. The molecule has 0 spiro atoms. The second-order valence-electron chi connectivity index (χ2n) is 5.62. The van der Waals surface area contributed by atoms with Gasteiger partial charge in [0, 0.05) is 0 Å². The average molecular weight is 353 g/mol. The molecule has 0 radical (unpaired) electrons. The summed E-state index contributed by atoms with van der Waals surface area (Å²) in [4.78, 5) is 24.3. The summed E-state index contributed by atoms with van der Waals surface area (Å²) in [5.74, 6) is 0. The van der Waals surface area contributed by atoms with Crippen LogP contribution in [0.5, 0.6) is 0 Å². The summed E-state index contributed by atoms with van der Waals surface area (Å²) in [6.45, 7) is 0.457. The third-order valence-electron chi connectivity index (χ3n) is 3.68. The normalized spacial score (nSPS) is 10.8. The van der Waals surface area contributed by atoms with Crippen LogP contribution >= 0.6 is 0 Å². The molecule has 1 heterocycles. The van der Waals surface area contributed by atoms with E-state index in [-0.39, 0.29) is 13.5 Å². The van der Waals surface area contributed by atoms with Crippen LogP contribution < -0.4 is 11.2 Å². The Kier molecular flexibility index (Phi) is 6.08. The molecule has 7 heteroatoms. The van der Waals surface area contributed by atoms with Crippen LogP contribution in [0, 0.1) is 0 Å². The van der Waals surface area contributed by atoms with Gasteiger partial charge in [0.15, 0.2) is 0 Å². The SMILES string of the molecule is O=c1cnn(COCc2ccccc2)c(=O)n1COCc1ccccc1. The van der Waals surface area contributed by atoms with Crippen molar-refractivity contribution in [1.29, 1.82) is 0 Å². The molecule has 0 bridgehead atoms. The third kappa shape index (κ3) is 4.75. The quantitative estimate of drug-likeness (QED) is 0.617. The molecule has 7 nitrogen and oxygen atoms in total. The van der Waals surface area contributed by atoms with Crippen molar-refractivity contribution >= 4 is 0 Å². The van der Waals surface area contributed by atoms with E-state index in [9.17, 15) is 9.59 Å². The first kappa shape index (κ1) is 17.8. The van der Waals surface area contributed by atoms with Crippen LogP contribution in [0.1, 0.15) is 11.1 Å². The van der Waals surface area contributed by atoms with Gasteiger partial charge in [0.1, 0.15) is 19.7 Å². The predicted molar refractivity (Wildman–Crippen MR) is 95.2 cm³/mol. The van der Waals surface area contributed by atoms with Gasteiger partial charge in [-0.05, 0) is 11.1 Å². The van der Waals surface area contributed by atoms with Crippen LogP contribution in [0.3, 0.4) is 0 Å². The Morgan fingerprint density at radius 1 is 0.769 bits per heavy atom. The molecular formula is C19H19N3O4. The standard InChI is InChI=1S/C19H19N3O4/c23-18-11-20-22(15-26-13-17-9-5-2-6-10-17)19(24)21(18)14-25-12-16-7-3-1-4-8-16/h1-11H,12-15H2. The maximum atomic E-state index is 12.4. The minimum absolute atomic E-state index is 0.0489. The minimum atomic E-state index is -0.571. The first-order valence-electron chi connectivity index (χ1n) is 8.14. The highest BCUT2D eigenvalue weighted by molar-refractivity contribution is 5.14. The van der Waals surface area contributed by atoms with Gasteiger partial charge < -0.3 is 9.47 Å².